The van der Waals surface area contributed by atoms with Crippen molar-refractivity contribution in [3.8, 4) is 0 Å². The molecular weight excluding hydrogens is 266 g/mol. The van der Waals surface area contributed by atoms with E-state index in [-0.39, 0.29) is 5.91 Å². The summed E-state index contributed by atoms with van der Waals surface area (Å²) in [5.41, 5.74) is 7.32. The molecule has 1 aromatic carbocycles. The Morgan fingerprint density at radius 1 is 1.29 bits per heavy atom. The number of nitrogens with zero attached hydrogens (tertiary/aromatic N) is 2. The fraction of sp³-hybridized carbons (Fsp3) is 0.562. The van der Waals surface area contributed by atoms with Crippen molar-refractivity contribution < 1.29 is 9.53 Å². The number of benzene rings is 1. The second-order valence-electron chi connectivity index (χ2n) is 6.10. The van der Waals surface area contributed by atoms with E-state index in [1.54, 1.807) is 7.11 Å². The van der Waals surface area contributed by atoms with Gasteiger partial charge in [-0.05, 0) is 32.0 Å². The number of amides is 1. The summed E-state index contributed by atoms with van der Waals surface area (Å²) in [7, 11) is 1.64. The first-order valence-electron chi connectivity index (χ1n) is 7.35. The summed E-state index contributed by atoms with van der Waals surface area (Å²) in [5, 5.41) is 0. The van der Waals surface area contributed by atoms with Crippen LogP contribution in [0.3, 0.4) is 0 Å². The second-order valence-corrected chi connectivity index (χ2v) is 6.10. The van der Waals surface area contributed by atoms with Crippen LogP contribution in [0.4, 0.5) is 11.4 Å². The number of carbonyl (C=O) groups excluding carboxylic acids is 1. The van der Waals surface area contributed by atoms with Crippen LogP contribution >= 0.6 is 0 Å². The summed E-state index contributed by atoms with van der Waals surface area (Å²) >= 11 is 0. The van der Waals surface area contributed by atoms with Gasteiger partial charge in [0.05, 0.1) is 12.0 Å². The SMILES string of the molecule is COC(C)(C)CC(=O)N1CCN(c2cccc(N)c2)CC1. The third kappa shape index (κ3) is 4.11. The number of carbonyl (C=O) groups is 1. The largest absolute Gasteiger partial charge is 0.399 e. The number of ether oxygens (including phenoxy) is 1. The monoisotopic (exact) mass is 291 g/mol. The van der Waals surface area contributed by atoms with Crippen molar-refractivity contribution in [2.45, 2.75) is 25.9 Å². The average Bonchev–Trinajstić information content (AvgIpc) is 2.47. The first kappa shape index (κ1) is 15.6. The molecule has 0 saturated carbocycles. The average molecular weight is 291 g/mol. The second kappa shape index (κ2) is 6.35. The van der Waals surface area contributed by atoms with Crippen LogP contribution in [0.5, 0.6) is 0 Å². The Morgan fingerprint density at radius 3 is 2.52 bits per heavy atom. The van der Waals surface area contributed by atoms with Gasteiger partial charge >= 0.3 is 0 Å². The summed E-state index contributed by atoms with van der Waals surface area (Å²) in [6, 6.07) is 7.88. The number of nitrogen functional groups attached to an aromatic ring is 1. The van der Waals surface area contributed by atoms with Crippen molar-refractivity contribution >= 4 is 17.3 Å². The minimum Gasteiger partial charge on any atom is -0.399 e. The van der Waals surface area contributed by atoms with Gasteiger partial charge in [0, 0.05) is 44.7 Å². The van der Waals surface area contributed by atoms with Crippen LogP contribution in [0.2, 0.25) is 0 Å². The van der Waals surface area contributed by atoms with Crippen molar-refractivity contribution in [2.24, 2.45) is 0 Å². The number of hydrogen-bond acceptors (Lipinski definition) is 4. The van der Waals surface area contributed by atoms with E-state index in [2.05, 4.69) is 11.0 Å². The Labute approximate surface area is 126 Å². The smallest absolute Gasteiger partial charge is 0.225 e. The molecule has 1 saturated heterocycles. The standard InChI is InChI=1S/C16H25N3O2/c1-16(2,21-3)12-15(20)19-9-7-18(8-10-19)14-6-4-5-13(17)11-14/h4-6,11H,7-10,12,17H2,1-3H3. The minimum absolute atomic E-state index is 0.161. The molecule has 0 unspecified atom stereocenters. The number of anilines is 2. The Balaban J connectivity index is 1.90. The quantitative estimate of drug-likeness (QED) is 0.858. The summed E-state index contributed by atoms with van der Waals surface area (Å²) in [6.45, 7) is 7.04. The molecule has 1 aliphatic heterocycles. The fourth-order valence-electron chi connectivity index (χ4n) is 2.48. The lowest BCUT2D eigenvalue weighted by atomic mass is 10.0. The van der Waals surface area contributed by atoms with Gasteiger partial charge in [0.25, 0.3) is 0 Å². The van der Waals surface area contributed by atoms with Gasteiger partial charge in [-0.1, -0.05) is 6.07 Å². The van der Waals surface area contributed by atoms with Crippen molar-refractivity contribution in [1.82, 2.24) is 4.90 Å². The van der Waals surface area contributed by atoms with E-state index in [9.17, 15) is 4.79 Å². The Morgan fingerprint density at radius 2 is 1.95 bits per heavy atom. The molecule has 0 spiro atoms. The fourth-order valence-corrected chi connectivity index (χ4v) is 2.48. The molecule has 116 valence electrons. The summed E-state index contributed by atoms with van der Waals surface area (Å²) in [5.74, 6) is 0.161. The van der Waals surface area contributed by atoms with Gasteiger partial charge in [-0.15, -0.1) is 0 Å². The Hall–Kier alpha value is -1.75. The number of piperazine rings is 1. The summed E-state index contributed by atoms with van der Waals surface area (Å²) in [6.07, 6.45) is 0.418. The number of hydrogen-bond donors (Lipinski definition) is 1. The van der Waals surface area contributed by atoms with E-state index >= 15 is 0 Å². The maximum absolute atomic E-state index is 12.3. The van der Waals surface area contributed by atoms with Crippen molar-refractivity contribution in [3.05, 3.63) is 24.3 Å². The molecule has 1 aliphatic rings. The molecule has 2 rings (SSSR count). The van der Waals surface area contributed by atoms with Gasteiger partial charge in [-0.3, -0.25) is 4.79 Å². The van der Waals surface area contributed by atoms with Gasteiger partial charge in [0.15, 0.2) is 0 Å². The normalized spacial score (nSPS) is 16.1. The van der Waals surface area contributed by atoms with Crippen LogP contribution in [0.25, 0.3) is 0 Å². The zero-order valence-corrected chi connectivity index (χ0v) is 13.1. The van der Waals surface area contributed by atoms with Crippen LogP contribution in [-0.2, 0) is 9.53 Å². The van der Waals surface area contributed by atoms with E-state index in [1.807, 2.05) is 36.9 Å². The van der Waals surface area contributed by atoms with Crippen LogP contribution in [0.1, 0.15) is 20.3 Å². The highest BCUT2D eigenvalue weighted by Crippen LogP contribution is 2.20. The maximum atomic E-state index is 12.3. The molecule has 1 aromatic rings. The molecular formula is C16H25N3O2. The van der Waals surface area contributed by atoms with Crippen LogP contribution in [0.15, 0.2) is 24.3 Å². The predicted octanol–water partition coefficient (Wildman–Crippen LogP) is 1.73. The number of methoxy groups -OCH3 is 1. The molecule has 0 aliphatic carbocycles. The van der Waals surface area contributed by atoms with Gasteiger partial charge in [0.2, 0.25) is 5.91 Å². The lowest BCUT2D eigenvalue weighted by Crippen LogP contribution is -2.50. The molecule has 21 heavy (non-hydrogen) atoms. The van der Waals surface area contributed by atoms with Gasteiger partial charge < -0.3 is 20.3 Å². The molecule has 1 fully saturated rings. The highest BCUT2D eigenvalue weighted by Gasteiger charge is 2.27. The molecule has 5 heteroatoms. The molecule has 5 nitrogen and oxygen atoms in total. The third-order valence-electron chi connectivity index (χ3n) is 4.00. The highest BCUT2D eigenvalue weighted by molar-refractivity contribution is 5.77. The highest BCUT2D eigenvalue weighted by atomic mass is 16.5. The zero-order valence-electron chi connectivity index (χ0n) is 13.1. The van der Waals surface area contributed by atoms with Crippen molar-refractivity contribution in [2.75, 3.05) is 43.9 Å². The zero-order chi connectivity index (χ0) is 15.5. The Bertz CT molecular complexity index is 494. The minimum atomic E-state index is -0.401. The van der Waals surface area contributed by atoms with E-state index in [4.69, 9.17) is 10.5 Å². The van der Waals surface area contributed by atoms with Gasteiger partial charge in [-0.2, -0.15) is 0 Å². The summed E-state index contributed by atoms with van der Waals surface area (Å²) in [4.78, 5) is 16.5. The number of nitrogens with two attached hydrogens (primary N) is 1. The van der Waals surface area contributed by atoms with Crippen LogP contribution < -0.4 is 10.6 Å². The molecule has 0 aromatic heterocycles. The molecule has 2 N–H and O–H groups in total. The first-order valence-corrected chi connectivity index (χ1v) is 7.35. The van der Waals surface area contributed by atoms with Gasteiger partial charge in [0.1, 0.15) is 0 Å². The summed E-state index contributed by atoms with van der Waals surface area (Å²) < 4.78 is 5.33. The maximum Gasteiger partial charge on any atom is 0.225 e. The predicted molar refractivity (Wildman–Crippen MR) is 85.4 cm³/mol. The van der Waals surface area contributed by atoms with Crippen LogP contribution in [0, 0.1) is 0 Å². The van der Waals surface area contributed by atoms with E-state index in [0.717, 1.165) is 37.6 Å². The van der Waals surface area contributed by atoms with E-state index in [1.165, 1.54) is 0 Å². The first-order chi connectivity index (χ1) is 9.91. The third-order valence-corrected chi connectivity index (χ3v) is 4.00. The lowest BCUT2D eigenvalue weighted by molar-refractivity contribution is -0.136. The van der Waals surface area contributed by atoms with E-state index in [0.29, 0.717) is 6.42 Å². The van der Waals surface area contributed by atoms with Crippen LogP contribution in [-0.4, -0.2) is 49.7 Å². The molecule has 0 radical (unpaired) electrons. The van der Waals surface area contributed by atoms with Gasteiger partial charge in [-0.25, -0.2) is 0 Å². The number of rotatable bonds is 4. The molecule has 0 bridgehead atoms. The Kier molecular flexibility index (Phi) is 4.73. The molecule has 1 amide bonds. The van der Waals surface area contributed by atoms with Crippen molar-refractivity contribution in [3.63, 3.8) is 0 Å². The lowest BCUT2D eigenvalue weighted by Gasteiger charge is -2.37. The topological polar surface area (TPSA) is 58.8 Å². The van der Waals surface area contributed by atoms with E-state index < -0.39 is 5.60 Å². The molecule has 0 atom stereocenters. The molecule has 1 heterocycles. The van der Waals surface area contributed by atoms with Crippen molar-refractivity contribution in [1.29, 1.82) is 0 Å².